The molecule has 0 heterocycles. The minimum Gasteiger partial charge on any atom is -0.392 e. The van der Waals surface area contributed by atoms with E-state index in [1.165, 1.54) is 16.7 Å². The summed E-state index contributed by atoms with van der Waals surface area (Å²) in [5, 5.41) is 14.9. The molecule has 146 valence electrons. The Balaban J connectivity index is 1.93. The third-order valence-electron chi connectivity index (χ3n) is 5.66. The van der Waals surface area contributed by atoms with Gasteiger partial charge in [-0.15, -0.1) is 0 Å². The third kappa shape index (κ3) is 4.52. The maximum Gasteiger partial charge on any atom is 0.0675 e. The summed E-state index contributed by atoms with van der Waals surface area (Å²) < 4.78 is 0. The van der Waals surface area contributed by atoms with Crippen molar-refractivity contribution < 1.29 is 5.11 Å². The maximum absolute atomic E-state index is 11.3. The summed E-state index contributed by atoms with van der Waals surface area (Å²) in [5.41, 5.74) is 3.17. The molecule has 2 nitrogen and oxygen atoms in total. The molecule has 3 aromatic rings. The molecule has 0 unspecified atom stereocenters. The Labute approximate surface area is 169 Å². The summed E-state index contributed by atoms with van der Waals surface area (Å²) in [6.45, 7) is 5.10. The predicted octanol–water partition coefficient (Wildman–Crippen LogP) is 5.31. The van der Waals surface area contributed by atoms with Gasteiger partial charge in [0.05, 0.1) is 6.10 Å². The molecule has 0 radical (unpaired) electrons. The van der Waals surface area contributed by atoms with Crippen LogP contribution in [0.25, 0.3) is 0 Å². The van der Waals surface area contributed by atoms with Crippen LogP contribution >= 0.6 is 0 Å². The van der Waals surface area contributed by atoms with Crippen LogP contribution < -0.4 is 5.32 Å². The Morgan fingerprint density at radius 3 is 1.71 bits per heavy atom. The monoisotopic (exact) mass is 373 g/mol. The van der Waals surface area contributed by atoms with Crippen LogP contribution in [0.4, 0.5) is 0 Å². The van der Waals surface area contributed by atoms with E-state index in [2.05, 4.69) is 92.0 Å². The second-order valence-electron chi connectivity index (χ2n) is 7.60. The van der Waals surface area contributed by atoms with Gasteiger partial charge in [0.1, 0.15) is 0 Å². The van der Waals surface area contributed by atoms with E-state index in [9.17, 15) is 5.11 Å². The Kier molecular flexibility index (Phi) is 7.02. The Morgan fingerprint density at radius 1 is 0.786 bits per heavy atom. The first-order valence-corrected chi connectivity index (χ1v) is 10.2. The fraction of sp³-hybridized carbons (Fsp3) is 0.308. The van der Waals surface area contributed by atoms with E-state index in [-0.39, 0.29) is 6.04 Å². The van der Waals surface area contributed by atoms with Crippen molar-refractivity contribution in [2.24, 2.45) is 0 Å². The van der Waals surface area contributed by atoms with Gasteiger partial charge in [-0.2, -0.15) is 0 Å². The zero-order valence-corrected chi connectivity index (χ0v) is 16.9. The molecule has 0 spiro atoms. The van der Waals surface area contributed by atoms with E-state index in [1.54, 1.807) is 0 Å². The lowest BCUT2D eigenvalue weighted by Gasteiger charge is -2.41. The van der Waals surface area contributed by atoms with Gasteiger partial charge >= 0.3 is 0 Å². The maximum atomic E-state index is 11.3. The van der Waals surface area contributed by atoms with Crippen LogP contribution in [0.3, 0.4) is 0 Å². The summed E-state index contributed by atoms with van der Waals surface area (Å²) in [4.78, 5) is 0. The zero-order chi connectivity index (χ0) is 19.8. The highest BCUT2D eigenvalue weighted by Gasteiger charge is 2.41. The highest BCUT2D eigenvalue weighted by Crippen LogP contribution is 2.41. The fourth-order valence-corrected chi connectivity index (χ4v) is 4.19. The minimum absolute atomic E-state index is 0.238. The number of aliphatic hydroxyl groups excluding tert-OH is 1. The third-order valence-corrected chi connectivity index (χ3v) is 5.66. The molecule has 0 aromatic heterocycles. The van der Waals surface area contributed by atoms with E-state index < -0.39 is 11.5 Å². The quantitative estimate of drug-likeness (QED) is 0.532. The van der Waals surface area contributed by atoms with Gasteiger partial charge in [-0.05, 0) is 36.5 Å². The number of benzene rings is 3. The van der Waals surface area contributed by atoms with Crippen molar-refractivity contribution in [2.45, 2.75) is 50.8 Å². The van der Waals surface area contributed by atoms with Crippen molar-refractivity contribution in [3.63, 3.8) is 0 Å². The molecular weight excluding hydrogens is 342 g/mol. The SMILES string of the molecule is CC[C@@H](O)C(C[C@@H](C)NCc1ccccc1)(c1ccccc1)c1ccccc1. The van der Waals surface area contributed by atoms with Gasteiger partial charge in [0.25, 0.3) is 0 Å². The Bertz CT molecular complexity index is 777. The van der Waals surface area contributed by atoms with Crippen LogP contribution in [0.15, 0.2) is 91.0 Å². The molecule has 28 heavy (non-hydrogen) atoms. The molecule has 0 amide bonds. The molecule has 2 heteroatoms. The number of hydrogen-bond donors (Lipinski definition) is 2. The van der Waals surface area contributed by atoms with Gasteiger partial charge in [0.2, 0.25) is 0 Å². The van der Waals surface area contributed by atoms with Gasteiger partial charge in [-0.25, -0.2) is 0 Å². The first-order chi connectivity index (χ1) is 13.7. The van der Waals surface area contributed by atoms with Crippen LogP contribution in [-0.4, -0.2) is 17.3 Å². The lowest BCUT2D eigenvalue weighted by atomic mass is 9.66. The fourth-order valence-electron chi connectivity index (χ4n) is 4.19. The molecule has 2 atom stereocenters. The number of hydrogen-bond acceptors (Lipinski definition) is 2. The topological polar surface area (TPSA) is 32.3 Å². The summed E-state index contributed by atoms with van der Waals surface area (Å²) in [6.07, 6.45) is 1.07. The largest absolute Gasteiger partial charge is 0.392 e. The lowest BCUT2D eigenvalue weighted by Crippen LogP contribution is -2.45. The number of aliphatic hydroxyl groups is 1. The van der Waals surface area contributed by atoms with Gasteiger partial charge in [-0.1, -0.05) is 97.9 Å². The molecule has 0 saturated heterocycles. The molecule has 0 saturated carbocycles. The molecule has 3 aromatic carbocycles. The van der Waals surface area contributed by atoms with E-state index in [0.717, 1.165) is 13.0 Å². The van der Waals surface area contributed by atoms with Crippen molar-refractivity contribution >= 4 is 0 Å². The highest BCUT2D eigenvalue weighted by molar-refractivity contribution is 5.41. The number of nitrogens with one attached hydrogen (secondary N) is 1. The minimum atomic E-state index is -0.460. The normalized spacial score (nSPS) is 13.8. The van der Waals surface area contributed by atoms with Gasteiger partial charge < -0.3 is 10.4 Å². The van der Waals surface area contributed by atoms with Crippen molar-refractivity contribution in [1.82, 2.24) is 5.32 Å². The van der Waals surface area contributed by atoms with E-state index in [4.69, 9.17) is 0 Å². The summed E-state index contributed by atoms with van der Waals surface area (Å²) in [6, 6.07) is 31.6. The zero-order valence-electron chi connectivity index (χ0n) is 16.9. The molecular formula is C26H31NO. The summed E-state index contributed by atoms with van der Waals surface area (Å²) in [5.74, 6) is 0. The predicted molar refractivity (Wildman–Crippen MR) is 117 cm³/mol. The second-order valence-corrected chi connectivity index (χ2v) is 7.60. The van der Waals surface area contributed by atoms with Crippen LogP contribution in [0, 0.1) is 0 Å². The van der Waals surface area contributed by atoms with Crippen molar-refractivity contribution in [3.8, 4) is 0 Å². The van der Waals surface area contributed by atoms with Crippen molar-refractivity contribution in [3.05, 3.63) is 108 Å². The van der Waals surface area contributed by atoms with Gasteiger partial charge in [0.15, 0.2) is 0 Å². The van der Waals surface area contributed by atoms with Gasteiger partial charge in [-0.3, -0.25) is 0 Å². The van der Waals surface area contributed by atoms with E-state index >= 15 is 0 Å². The molecule has 0 aliphatic heterocycles. The highest BCUT2D eigenvalue weighted by atomic mass is 16.3. The van der Waals surface area contributed by atoms with Crippen molar-refractivity contribution in [2.75, 3.05) is 0 Å². The lowest BCUT2D eigenvalue weighted by molar-refractivity contribution is 0.0865. The summed E-state index contributed by atoms with van der Waals surface area (Å²) >= 11 is 0. The summed E-state index contributed by atoms with van der Waals surface area (Å²) in [7, 11) is 0. The molecule has 0 fully saturated rings. The smallest absolute Gasteiger partial charge is 0.0675 e. The molecule has 0 bridgehead atoms. The first-order valence-electron chi connectivity index (χ1n) is 10.2. The van der Waals surface area contributed by atoms with Crippen molar-refractivity contribution in [1.29, 1.82) is 0 Å². The average Bonchev–Trinajstić information content (AvgIpc) is 2.77. The molecule has 2 N–H and O–H groups in total. The second kappa shape index (κ2) is 9.68. The molecule has 0 aliphatic carbocycles. The molecule has 0 aliphatic rings. The molecule has 3 rings (SSSR count). The number of rotatable bonds is 9. The van der Waals surface area contributed by atoms with Crippen LogP contribution in [0.5, 0.6) is 0 Å². The first kappa shape index (κ1) is 20.3. The van der Waals surface area contributed by atoms with Crippen LogP contribution in [0.2, 0.25) is 0 Å². The van der Waals surface area contributed by atoms with E-state index in [1.807, 2.05) is 18.2 Å². The van der Waals surface area contributed by atoms with Crippen LogP contribution in [-0.2, 0) is 12.0 Å². The van der Waals surface area contributed by atoms with E-state index in [0.29, 0.717) is 6.42 Å². The Hall–Kier alpha value is -2.42. The van der Waals surface area contributed by atoms with Gasteiger partial charge in [0, 0.05) is 18.0 Å². The average molecular weight is 374 g/mol. The van der Waals surface area contributed by atoms with Crippen LogP contribution in [0.1, 0.15) is 43.4 Å². The standard InChI is InChI=1S/C26H31NO/c1-3-25(28)26(23-15-9-5-10-16-23,24-17-11-6-12-18-24)19-21(2)27-20-22-13-7-4-8-14-22/h4-18,21,25,27-28H,3,19-20H2,1-2H3/t21-,25-/m1/s1. The Morgan fingerprint density at radius 2 is 1.25 bits per heavy atom.